The zero-order valence-electron chi connectivity index (χ0n) is 10.6. The van der Waals surface area contributed by atoms with E-state index in [-0.39, 0.29) is 18.1 Å². The Balaban J connectivity index is 1.77. The largest absolute Gasteiger partial charge is 0.376 e. The fraction of sp³-hybridized carbons (Fsp3) is 0.929. The molecule has 1 aliphatic heterocycles. The number of ether oxygens (including phenoxy) is 2. The van der Waals surface area contributed by atoms with Gasteiger partial charge in [0.05, 0.1) is 30.8 Å². The lowest BCUT2D eigenvalue weighted by molar-refractivity contribution is -0.0724. The minimum Gasteiger partial charge on any atom is -0.376 e. The second kappa shape index (κ2) is 6.98. The first-order chi connectivity index (χ1) is 8.40. The lowest BCUT2D eigenvalue weighted by atomic mass is 9.99. The van der Waals surface area contributed by atoms with Crippen molar-refractivity contribution in [3.8, 4) is 6.07 Å². The van der Waals surface area contributed by atoms with E-state index in [1.54, 1.807) is 0 Å². The molecule has 1 saturated carbocycles. The van der Waals surface area contributed by atoms with Crippen LogP contribution < -0.4 is 0 Å². The second-order valence-electron chi connectivity index (χ2n) is 5.23. The molecule has 0 aromatic carbocycles. The van der Waals surface area contributed by atoms with Crippen LogP contribution in [0.5, 0.6) is 0 Å². The zero-order chi connectivity index (χ0) is 11.9. The average Bonchev–Trinajstić information content (AvgIpc) is 2.62. The van der Waals surface area contributed by atoms with Gasteiger partial charge in [0, 0.05) is 6.61 Å². The van der Waals surface area contributed by atoms with E-state index in [9.17, 15) is 0 Å². The monoisotopic (exact) mass is 237 g/mol. The van der Waals surface area contributed by atoms with Gasteiger partial charge in [-0.25, -0.2) is 0 Å². The highest BCUT2D eigenvalue weighted by molar-refractivity contribution is 4.90. The van der Waals surface area contributed by atoms with Gasteiger partial charge in [0.25, 0.3) is 0 Å². The maximum Gasteiger partial charge on any atom is 0.0808 e. The molecule has 0 aromatic heterocycles. The van der Waals surface area contributed by atoms with Crippen molar-refractivity contribution < 1.29 is 9.47 Å². The van der Waals surface area contributed by atoms with Gasteiger partial charge in [-0.1, -0.05) is 19.3 Å². The Morgan fingerprint density at radius 1 is 1.06 bits per heavy atom. The van der Waals surface area contributed by atoms with E-state index in [2.05, 4.69) is 6.07 Å². The summed E-state index contributed by atoms with van der Waals surface area (Å²) < 4.78 is 11.6. The molecular weight excluding hydrogens is 214 g/mol. The molecule has 0 radical (unpaired) electrons. The van der Waals surface area contributed by atoms with Gasteiger partial charge < -0.3 is 9.47 Å². The molecule has 1 saturated heterocycles. The fourth-order valence-electron chi connectivity index (χ4n) is 2.79. The molecule has 2 rings (SSSR count). The van der Waals surface area contributed by atoms with Crippen molar-refractivity contribution in [3.63, 3.8) is 0 Å². The van der Waals surface area contributed by atoms with E-state index < -0.39 is 0 Å². The first kappa shape index (κ1) is 12.9. The van der Waals surface area contributed by atoms with Gasteiger partial charge >= 0.3 is 0 Å². The van der Waals surface area contributed by atoms with Crippen LogP contribution in [-0.2, 0) is 9.47 Å². The Kier molecular flexibility index (Phi) is 5.28. The normalized spacial score (nSPS) is 34.9. The SMILES string of the molecule is N#CC1CCCCCC1OCC1CCCCO1. The van der Waals surface area contributed by atoms with Crippen LogP contribution in [0, 0.1) is 17.2 Å². The summed E-state index contributed by atoms with van der Waals surface area (Å²) in [5, 5.41) is 9.16. The van der Waals surface area contributed by atoms with E-state index in [4.69, 9.17) is 14.7 Å². The van der Waals surface area contributed by atoms with Crippen molar-refractivity contribution >= 4 is 0 Å². The van der Waals surface area contributed by atoms with Crippen LogP contribution in [-0.4, -0.2) is 25.4 Å². The molecule has 1 heterocycles. The predicted octanol–water partition coefficient (Wildman–Crippen LogP) is 3.04. The Hall–Kier alpha value is -0.590. The maximum atomic E-state index is 9.16. The first-order valence-electron chi connectivity index (χ1n) is 7.03. The molecule has 0 aromatic rings. The van der Waals surface area contributed by atoms with Gasteiger partial charge in [-0.05, 0) is 32.1 Å². The van der Waals surface area contributed by atoms with Gasteiger partial charge in [0.15, 0.2) is 0 Å². The standard InChI is InChI=1S/C14H23NO2/c15-10-12-6-2-1-3-8-14(12)17-11-13-7-4-5-9-16-13/h12-14H,1-9,11H2. The molecule has 3 atom stereocenters. The molecule has 3 unspecified atom stereocenters. The molecule has 2 aliphatic rings. The summed E-state index contributed by atoms with van der Waals surface area (Å²) in [6.07, 6.45) is 9.65. The van der Waals surface area contributed by atoms with Crippen molar-refractivity contribution in [1.29, 1.82) is 5.26 Å². The van der Waals surface area contributed by atoms with Gasteiger partial charge in [0.2, 0.25) is 0 Å². The van der Waals surface area contributed by atoms with Crippen LogP contribution in [0.25, 0.3) is 0 Å². The summed E-state index contributed by atoms with van der Waals surface area (Å²) in [5.74, 6) is 0.0982. The molecule has 0 N–H and O–H groups in total. The molecular formula is C14H23NO2. The minimum absolute atomic E-state index is 0.0982. The van der Waals surface area contributed by atoms with E-state index in [0.29, 0.717) is 6.61 Å². The van der Waals surface area contributed by atoms with Crippen molar-refractivity contribution in [2.75, 3.05) is 13.2 Å². The quantitative estimate of drug-likeness (QED) is 0.708. The van der Waals surface area contributed by atoms with Crippen LogP contribution in [0.3, 0.4) is 0 Å². The van der Waals surface area contributed by atoms with Crippen LogP contribution in [0.15, 0.2) is 0 Å². The fourth-order valence-corrected chi connectivity index (χ4v) is 2.79. The first-order valence-corrected chi connectivity index (χ1v) is 7.03. The number of rotatable bonds is 3. The Morgan fingerprint density at radius 3 is 2.65 bits per heavy atom. The predicted molar refractivity (Wildman–Crippen MR) is 65.5 cm³/mol. The van der Waals surface area contributed by atoms with Crippen molar-refractivity contribution in [2.45, 2.75) is 63.6 Å². The molecule has 96 valence electrons. The van der Waals surface area contributed by atoms with Gasteiger partial charge in [-0.2, -0.15) is 5.26 Å². The third kappa shape index (κ3) is 3.97. The molecule has 0 bridgehead atoms. The molecule has 3 nitrogen and oxygen atoms in total. The number of nitriles is 1. The van der Waals surface area contributed by atoms with Crippen LogP contribution in [0.2, 0.25) is 0 Å². The van der Waals surface area contributed by atoms with Crippen LogP contribution in [0.1, 0.15) is 51.4 Å². The molecule has 0 amide bonds. The highest BCUT2D eigenvalue weighted by atomic mass is 16.5. The Labute approximate surface area is 104 Å². The highest BCUT2D eigenvalue weighted by Crippen LogP contribution is 2.26. The van der Waals surface area contributed by atoms with E-state index >= 15 is 0 Å². The lowest BCUT2D eigenvalue weighted by Crippen LogP contribution is -2.30. The molecule has 1 aliphatic carbocycles. The molecule has 0 spiro atoms. The number of hydrogen-bond acceptors (Lipinski definition) is 3. The minimum atomic E-state index is 0.0982. The van der Waals surface area contributed by atoms with Crippen LogP contribution >= 0.6 is 0 Å². The highest BCUT2D eigenvalue weighted by Gasteiger charge is 2.25. The number of hydrogen-bond donors (Lipinski definition) is 0. The Bertz CT molecular complexity index is 255. The number of nitrogens with zero attached hydrogens (tertiary/aromatic N) is 1. The molecule has 3 heteroatoms. The molecule has 17 heavy (non-hydrogen) atoms. The summed E-state index contributed by atoms with van der Waals surface area (Å²) in [5.41, 5.74) is 0. The van der Waals surface area contributed by atoms with Gasteiger partial charge in [-0.3, -0.25) is 0 Å². The van der Waals surface area contributed by atoms with Crippen LogP contribution in [0.4, 0.5) is 0 Å². The Morgan fingerprint density at radius 2 is 1.88 bits per heavy atom. The van der Waals surface area contributed by atoms with E-state index in [1.807, 2.05) is 0 Å². The summed E-state index contributed by atoms with van der Waals surface area (Å²) >= 11 is 0. The smallest absolute Gasteiger partial charge is 0.0808 e. The third-order valence-electron chi connectivity index (χ3n) is 3.89. The zero-order valence-corrected chi connectivity index (χ0v) is 10.6. The van der Waals surface area contributed by atoms with Crippen molar-refractivity contribution in [3.05, 3.63) is 0 Å². The summed E-state index contributed by atoms with van der Waals surface area (Å²) in [6.45, 7) is 1.56. The maximum absolute atomic E-state index is 9.16. The van der Waals surface area contributed by atoms with Crippen molar-refractivity contribution in [1.82, 2.24) is 0 Å². The average molecular weight is 237 g/mol. The topological polar surface area (TPSA) is 42.2 Å². The second-order valence-corrected chi connectivity index (χ2v) is 5.23. The summed E-state index contributed by atoms with van der Waals surface area (Å²) in [6, 6.07) is 2.42. The van der Waals surface area contributed by atoms with Crippen molar-refractivity contribution in [2.24, 2.45) is 5.92 Å². The van der Waals surface area contributed by atoms with E-state index in [0.717, 1.165) is 25.9 Å². The lowest BCUT2D eigenvalue weighted by Gasteiger charge is -2.26. The van der Waals surface area contributed by atoms with Gasteiger partial charge in [0.1, 0.15) is 0 Å². The summed E-state index contributed by atoms with van der Waals surface area (Å²) in [7, 11) is 0. The summed E-state index contributed by atoms with van der Waals surface area (Å²) in [4.78, 5) is 0. The molecule has 2 fully saturated rings. The van der Waals surface area contributed by atoms with Gasteiger partial charge in [-0.15, -0.1) is 0 Å². The van der Waals surface area contributed by atoms with E-state index in [1.165, 1.54) is 32.1 Å². The third-order valence-corrected chi connectivity index (χ3v) is 3.89.